The molecule has 114 valence electrons. The molecule has 1 aromatic carbocycles. The zero-order valence-electron chi connectivity index (χ0n) is 11.7. The average Bonchev–Trinajstić information content (AvgIpc) is 2.38. The second-order valence-corrected chi connectivity index (χ2v) is 6.57. The Bertz CT molecular complexity index is 547. The first kappa shape index (κ1) is 17.0. The summed E-state index contributed by atoms with van der Waals surface area (Å²) in [6, 6.07) is 3.61. The standard InChI is InChI=1S/C13H21FN2O3S/c1-10(2)16(7-4-8-17)20(18,19)13-6-3-5-12(14)11(13)9-15/h3,5-6,10,17H,4,7-9,15H2,1-2H3. The quantitative estimate of drug-likeness (QED) is 0.789. The van der Waals surface area contributed by atoms with E-state index in [4.69, 9.17) is 10.8 Å². The maximum absolute atomic E-state index is 13.7. The van der Waals surface area contributed by atoms with E-state index in [9.17, 15) is 12.8 Å². The number of hydrogen-bond donors (Lipinski definition) is 2. The predicted molar refractivity (Wildman–Crippen MR) is 75.0 cm³/mol. The van der Waals surface area contributed by atoms with Crippen molar-refractivity contribution in [2.24, 2.45) is 5.73 Å². The summed E-state index contributed by atoms with van der Waals surface area (Å²) in [7, 11) is -3.84. The highest BCUT2D eigenvalue weighted by Gasteiger charge is 2.29. The highest BCUT2D eigenvalue weighted by Crippen LogP contribution is 2.24. The minimum absolute atomic E-state index is 0.0119. The van der Waals surface area contributed by atoms with Crippen LogP contribution in [0.3, 0.4) is 0 Å². The van der Waals surface area contributed by atoms with E-state index in [0.717, 1.165) is 0 Å². The molecule has 0 radical (unpaired) electrons. The molecule has 0 saturated heterocycles. The van der Waals surface area contributed by atoms with Gasteiger partial charge in [0.05, 0.1) is 4.90 Å². The van der Waals surface area contributed by atoms with E-state index in [-0.39, 0.29) is 36.2 Å². The molecule has 3 N–H and O–H groups in total. The van der Waals surface area contributed by atoms with Crippen LogP contribution in [-0.2, 0) is 16.6 Å². The van der Waals surface area contributed by atoms with Crippen molar-refractivity contribution in [3.05, 3.63) is 29.6 Å². The van der Waals surface area contributed by atoms with E-state index in [1.54, 1.807) is 13.8 Å². The fourth-order valence-corrected chi connectivity index (χ4v) is 3.91. The van der Waals surface area contributed by atoms with E-state index in [1.807, 2.05) is 0 Å². The van der Waals surface area contributed by atoms with Gasteiger partial charge in [-0.2, -0.15) is 4.31 Å². The van der Waals surface area contributed by atoms with Crippen LogP contribution < -0.4 is 5.73 Å². The Balaban J connectivity index is 3.30. The molecule has 0 atom stereocenters. The third-order valence-electron chi connectivity index (χ3n) is 2.98. The molecule has 0 spiro atoms. The van der Waals surface area contributed by atoms with Crippen LogP contribution in [0.25, 0.3) is 0 Å². The smallest absolute Gasteiger partial charge is 0.243 e. The Labute approximate surface area is 119 Å². The molecule has 0 aromatic heterocycles. The van der Waals surface area contributed by atoms with Crippen LogP contribution >= 0.6 is 0 Å². The number of rotatable bonds is 7. The maximum atomic E-state index is 13.7. The van der Waals surface area contributed by atoms with Crippen molar-refractivity contribution in [1.29, 1.82) is 0 Å². The number of nitrogens with two attached hydrogens (primary N) is 1. The van der Waals surface area contributed by atoms with Crippen LogP contribution in [0.4, 0.5) is 4.39 Å². The molecular formula is C13H21FN2O3S. The predicted octanol–water partition coefficient (Wildman–Crippen LogP) is 1.07. The molecule has 1 aromatic rings. The summed E-state index contributed by atoms with van der Waals surface area (Å²) >= 11 is 0. The number of halogens is 1. The summed E-state index contributed by atoms with van der Waals surface area (Å²) in [4.78, 5) is -0.105. The lowest BCUT2D eigenvalue weighted by molar-refractivity contribution is 0.258. The summed E-state index contributed by atoms with van der Waals surface area (Å²) in [6.07, 6.45) is 0.324. The molecule has 0 bridgehead atoms. The van der Waals surface area contributed by atoms with E-state index < -0.39 is 15.8 Å². The lowest BCUT2D eigenvalue weighted by atomic mass is 10.2. The highest BCUT2D eigenvalue weighted by molar-refractivity contribution is 7.89. The van der Waals surface area contributed by atoms with Crippen molar-refractivity contribution in [3.8, 4) is 0 Å². The third-order valence-corrected chi connectivity index (χ3v) is 5.14. The zero-order chi connectivity index (χ0) is 15.3. The Kier molecular flexibility index (Phi) is 6.07. The van der Waals surface area contributed by atoms with E-state index in [0.29, 0.717) is 6.42 Å². The van der Waals surface area contributed by atoms with Gasteiger partial charge in [-0.3, -0.25) is 0 Å². The maximum Gasteiger partial charge on any atom is 0.243 e. The van der Waals surface area contributed by atoms with Crippen LogP contribution in [0.5, 0.6) is 0 Å². The van der Waals surface area contributed by atoms with Crippen molar-refractivity contribution in [3.63, 3.8) is 0 Å². The molecule has 0 fully saturated rings. The van der Waals surface area contributed by atoms with E-state index >= 15 is 0 Å². The minimum Gasteiger partial charge on any atom is -0.396 e. The minimum atomic E-state index is -3.84. The molecule has 0 heterocycles. The van der Waals surface area contributed by atoms with Gasteiger partial charge in [0.2, 0.25) is 10.0 Å². The van der Waals surface area contributed by atoms with Gasteiger partial charge in [0.25, 0.3) is 0 Å². The lowest BCUT2D eigenvalue weighted by Crippen LogP contribution is -2.38. The first-order valence-electron chi connectivity index (χ1n) is 6.46. The second-order valence-electron chi connectivity index (χ2n) is 4.71. The Morgan fingerprint density at radius 3 is 2.55 bits per heavy atom. The first-order chi connectivity index (χ1) is 9.36. The molecule has 7 heteroatoms. The highest BCUT2D eigenvalue weighted by atomic mass is 32.2. The van der Waals surface area contributed by atoms with E-state index in [1.165, 1.54) is 22.5 Å². The van der Waals surface area contributed by atoms with Crippen molar-refractivity contribution in [2.75, 3.05) is 13.2 Å². The molecule has 0 aliphatic carbocycles. The van der Waals surface area contributed by atoms with Crippen LogP contribution in [0.2, 0.25) is 0 Å². The van der Waals surface area contributed by atoms with Crippen molar-refractivity contribution < 1.29 is 17.9 Å². The van der Waals surface area contributed by atoms with Gasteiger partial charge >= 0.3 is 0 Å². The number of hydrogen-bond acceptors (Lipinski definition) is 4. The van der Waals surface area contributed by atoms with Gasteiger partial charge in [-0.25, -0.2) is 12.8 Å². The molecule has 5 nitrogen and oxygen atoms in total. The first-order valence-corrected chi connectivity index (χ1v) is 7.90. The van der Waals surface area contributed by atoms with Gasteiger partial charge in [0.1, 0.15) is 5.82 Å². The summed E-state index contributed by atoms with van der Waals surface area (Å²) in [5.41, 5.74) is 5.45. The van der Waals surface area contributed by atoms with Gasteiger partial charge in [-0.05, 0) is 32.4 Å². The fraction of sp³-hybridized carbons (Fsp3) is 0.538. The van der Waals surface area contributed by atoms with Gasteiger partial charge in [0, 0.05) is 31.3 Å². The second kappa shape index (κ2) is 7.12. The average molecular weight is 304 g/mol. The molecule has 0 aliphatic rings. The van der Waals surface area contributed by atoms with Crippen molar-refractivity contribution in [2.45, 2.75) is 37.8 Å². The van der Waals surface area contributed by atoms with Gasteiger partial charge in [0.15, 0.2) is 0 Å². The molecule has 0 unspecified atom stereocenters. The number of aliphatic hydroxyl groups is 1. The van der Waals surface area contributed by atoms with Gasteiger partial charge in [-0.1, -0.05) is 6.07 Å². The number of aliphatic hydroxyl groups excluding tert-OH is 1. The molecule has 0 saturated carbocycles. The summed E-state index contributed by atoms with van der Waals surface area (Å²) in [5, 5.41) is 8.88. The number of benzene rings is 1. The SMILES string of the molecule is CC(C)N(CCCO)S(=O)(=O)c1cccc(F)c1CN. The van der Waals surface area contributed by atoms with Crippen LogP contribution in [0.15, 0.2) is 23.1 Å². The van der Waals surface area contributed by atoms with Crippen LogP contribution in [-0.4, -0.2) is 37.0 Å². The lowest BCUT2D eigenvalue weighted by Gasteiger charge is -2.26. The van der Waals surface area contributed by atoms with Gasteiger partial charge in [-0.15, -0.1) is 0 Å². The van der Waals surface area contributed by atoms with Gasteiger partial charge < -0.3 is 10.8 Å². The summed E-state index contributed by atoms with van der Waals surface area (Å²) in [6.45, 7) is 3.35. The molecule has 0 aliphatic heterocycles. The Morgan fingerprint density at radius 2 is 2.05 bits per heavy atom. The van der Waals surface area contributed by atoms with Crippen LogP contribution in [0, 0.1) is 5.82 Å². The number of sulfonamides is 1. The molecule has 20 heavy (non-hydrogen) atoms. The fourth-order valence-electron chi connectivity index (χ4n) is 1.99. The largest absolute Gasteiger partial charge is 0.396 e. The molecule has 0 amide bonds. The zero-order valence-corrected chi connectivity index (χ0v) is 12.5. The van der Waals surface area contributed by atoms with Crippen molar-refractivity contribution in [1.82, 2.24) is 4.31 Å². The normalized spacial score (nSPS) is 12.3. The monoisotopic (exact) mass is 304 g/mol. The van der Waals surface area contributed by atoms with Crippen molar-refractivity contribution >= 4 is 10.0 Å². The summed E-state index contributed by atoms with van der Waals surface area (Å²) in [5.74, 6) is -0.626. The topological polar surface area (TPSA) is 83.6 Å². The summed E-state index contributed by atoms with van der Waals surface area (Å²) < 4.78 is 40.2. The third kappa shape index (κ3) is 3.54. The Hall–Kier alpha value is -1.02. The molecular weight excluding hydrogens is 283 g/mol. The van der Waals surface area contributed by atoms with E-state index in [2.05, 4.69) is 0 Å². The molecule has 1 rings (SSSR count). The Morgan fingerprint density at radius 1 is 1.40 bits per heavy atom. The van der Waals surface area contributed by atoms with Crippen LogP contribution in [0.1, 0.15) is 25.8 Å². The number of nitrogens with zero attached hydrogens (tertiary/aromatic N) is 1.